The number of carbonyl (C=O) groups is 1. The number of amides is 1. The summed E-state index contributed by atoms with van der Waals surface area (Å²) < 4.78 is 28.9. The Labute approximate surface area is 150 Å². The number of benzene rings is 1. The molecule has 0 saturated heterocycles. The van der Waals surface area contributed by atoms with Gasteiger partial charge in [-0.2, -0.15) is 0 Å². The number of rotatable bonds is 8. The van der Waals surface area contributed by atoms with Crippen molar-refractivity contribution in [1.29, 1.82) is 0 Å². The normalized spacial score (nSPS) is 11.7. The highest BCUT2D eigenvalue weighted by Crippen LogP contribution is 2.17. The predicted molar refractivity (Wildman–Crippen MR) is 97.4 cm³/mol. The van der Waals surface area contributed by atoms with Crippen LogP contribution in [0.25, 0.3) is 0 Å². The summed E-state index contributed by atoms with van der Waals surface area (Å²) in [5.41, 5.74) is 5.96. The van der Waals surface area contributed by atoms with E-state index in [-0.39, 0.29) is 41.0 Å². The monoisotopic (exact) mass is 378 g/mol. The molecule has 1 aromatic carbocycles. The molecule has 8 heteroatoms. The van der Waals surface area contributed by atoms with Gasteiger partial charge >= 0.3 is 0 Å². The van der Waals surface area contributed by atoms with Crippen molar-refractivity contribution in [2.24, 2.45) is 11.1 Å². The summed E-state index contributed by atoms with van der Waals surface area (Å²) in [6.45, 7) is 5.11. The molecule has 0 aliphatic carbocycles. The Hall–Kier alpha value is -1.15. The van der Waals surface area contributed by atoms with Crippen LogP contribution in [0.2, 0.25) is 0 Å². The molecule has 138 valence electrons. The number of carbonyl (C=O) groups excluding carboxylic acids is 1. The fourth-order valence-corrected chi connectivity index (χ4v) is 3.29. The van der Waals surface area contributed by atoms with Crippen molar-refractivity contribution in [2.75, 3.05) is 39.6 Å². The van der Waals surface area contributed by atoms with Crippen LogP contribution in [0, 0.1) is 5.41 Å². The van der Waals surface area contributed by atoms with Crippen molar-refractivity contribution < 1.29 is 17.9 Å². The van der Waals surface area contributed by atoms with Crippen molar-refractivity contribution in [2.45, 2.75) is 18.7 Å². The minimum Gasteiger partial charge on any atom is -0.384 e. The van der Waals surface area contributed by atoms with E-state index in [0.29, 0.717) is 18.7 Å². The molecule has 0 aliphatic heterocycles. The standard InChI is InChI=1S/C16H26N2O4S.ClH/c1-16(2,11-17)12-18(3)15(19)13-5-7-14(8-6-13)23(20,21)10-9-22-4;/h5-8H,9-12,17H2,1-4H3;1H. The molecule has 1 aromatic rings. The number of sulfone groups is 1. The quantitative estimate of drug-likeness (QED) is 0.741. The van der Waals surface area contributed by atoms with E-state index in [1.165, 1.54) is 31.4 Å². The van der Waals surface area contributed by atoms with Gasteiger partial charge in [0.25, 0.3) is 5.91 Å². The van der Waals surface area contributed by atoms with Crippen LogP contribution in [0.5, 0.6) is 0 Å². The van der Waals surface area contributed by atoms with Crippen LogP contribution in [0.4, 0.5) is 0 Å². The van der Waals surface area contributed by atoms with E-state index >= 15 is 0 Å². The topological polar surface area (TPSA) is 89.7 Å². The molecule has 0 atom stereocenters. The molecule has 6 nitrogen and oxygen atoms in total. The zero-order chi connectivity index (χ0) is 17.7. The average molecular weight is 379 g/mol. The lowest BCUT2D eigenvalue weighted by Gasteiger charge is -2.29. The molecule has 24 heavy (non-hydrogen) atoms. The lowest BCUT2D eigenvalue weighted by atomic mass is 9.93. The second-order valence-electron chi connectivity index (χ2n) is 6.37. The van der Waals surface area contributed by atoms with Crippen LogP contribution in [0.1, 0.15) is 24.2 Å². The van der Waals surface area contributed by atoms with Gasteiger partial charge in [-0.3, -0.25) is 4.79 Å². The predicted octanol–water partition coefficient (Wildman–Crippen LogP) is 1.59. The Bertz CT molecular complexity index is 630. The van der Waals surface area contributed by atoms with Crippen LogP contribution in [-0.4, -0.2) is 58.8 Å². The summed E-state index contributed by atoms with van der Waals surface area (Å²) in [7, 11) is -0.219. The Balaban J connectivity index is 0.00000529. The summed E-state index contributed by atoms with van der Waals surface area (Å²) in [6.07, 6.45) is 0. The Morgan fingerprint density at radius 3 is 2.25 bits per heavy atom. The van der Waals surface area contributed by atoms with Gasteiger partial charge < -0.3 is 15.4 Å². The number of hydrogen-bond acceptors (Lipinski definition) is 5. The minimum atomic E-state index is -3.38. The van der Waals surface area contributed by atoms with Crippen molar-refractivity contribution in [3.05, 3.63) is 29.8 Å². The maximum Gasteiger partial charge on any atom is 0.253 e. The number of hydrogen-bond donors (Lipinski definition) is 1. The molecule has 1 rings (SSSR count). The first kappa shape index (κ1) is 22.9. The van der Waals surface area contributed by atoms with E-state index in [2.05, 4.69) is 0 Å². The molecule has 0 heterocycles. The number of nitrogens with two attached hydrogens (primary N) is 1. The maximum atomic E-state index is 12.4. The molecule has 0 unspecified atom stereocenters. The van der Waals surface area contributed by atoms with Crippen molar-refractivity contribution in [3.63, 3.8) is 0 Å². The number of nitrogens with zero attached hydrogens (tertiary/aromatic N) is 1. The molecule has 0 aliphatic rings. The van der Waals surface area contributed by atoms with Crippen molar-refractivity contribution in [1.82, 2.24) is 4.90 Å². The van der Waals surface area contributed by atoms with Crippen LogP contribution < -0.4 is 5.73 Å². The van der Waals surface area contributed by atoms with Crippen LogP contribution in [0.3, 0.4) is 0 Å². The van der Waals surface area contributed by atoms with Gasteiger partial charge in [0.1, 0.15) is 0 Å². The first-order chi connectivity index (χ1) is 10.6. The first-order valence-electron chi connectivity index (χ1n) is 7.40. The first-order valence-corrected chi connectivity index (χ1v) is 9.05. The molecule has 0 bridgehead atoms. The summed E-state index contributed by atoms with van der Waals surface area (Å²) in [6, 6.07) is 5.99. The number of methoxy groups -OCH3 is 1. The highest BCUT2D eigenvalue weighted by molar-refractivity contribution is 7.91. The second kappa shape index (κ2) is 9.36. The molecule has 0 fully saturated rings. The zero-order valence-electron chi connectivity index (χ0n) is 14.6. The highest BCUT2D eigenvalue weighted by atomic mass is 35.5. The highest BCUT2D eigenvalue weighted by Gasteiger charge is 2.22. The van der Waals surface area contributed by atoms with E-state index < -0.39 is 9.84 Å². The van der Waals surface area contributed by atoms with Gasteiger partial charge in [-0.25, -0.2) is 8.42 Å². The Morgan fingerprint density at radius 2 is 1.79 bits per heavy atom. The smallest absolute Gasteiger partial charge is 0.253 e. The molecule has 1 amide bonds. The van der Waals surface area contributed by atoms with Gasteiger partial charge in [0.05, 0.1) is 17.3 Å². The van der Waals surface area contributed by atoms with Crippen LogP contribution in [-0.2, 0) is 14.6 Å². The van der Waals surface area contributed by atoms with Gasteiger partial charge in [0.15, 0.2) is 9.84 Å². The molecule has 2 N–H and O–H groups in total. The summed E-state index contributed by atoms with van der Waals surface area (Å²) in [5.74, 6) is -0.242. The minimum absolute atomic E-state index is 0. The average Bonchev–Trinajstić information content (AvgIpc) is 2.52. The van der Waals surface area contributed by atoms with E-state index in [1.807, 2.05) is 13.8 Å². The summed E-state index contributed by atoms with van der Waals surface area (Å²) in [5, 5.41) is 0. The largest absolute Gasteiger partial charge is 0.384 e. The summed E-state index contributed by atoms with van der Waals surface area (Å²) >= 11 is 0. The third kappa shape index (κ3) is 6.39. The molecular formula is C16H27ClN2O4S. The molecule has 0 saturated carbocycles. The Kier molecular flexibility index (Phi) is 8.91. The summed E-state index contributed by atoms with van der Waals surface area (Å²) in [4.78, 5) is 14.2. The lowest BCUT2D eigenvalue weighted by Crippen LogP contribution is -2.39. The van der Waals surface area contributed by atoms with Gasteiger partial charge in [-0.15, -0.1) is 12.4 Å². The van der Waals surface area contributed by atoms with Crippen LogP contribution in [0.15, 0.2) is 29.2 Å². The maximum absolute atomic E-state index is 12.4. The van der Waals surface area contributed by atoms with Gasteiger partial charge in [-0.1, -0.05) is 13.8 Å². The van der Waals surface area contributed by atoms with Gasteiger partial charge in [0.2, 0.25) is 0 Å². The van der Waals surface area contributed by atoms with Crippen LogP contribution >= 0.6 is 12.4 Å². The third-order valence-corrected chi connectivity index (χ3v) is 5.28. The van der Waals surface area contributed by atoms with E-state index in [9.17, 15) is 13.2 Å². The van der Waals surface area contributed by atoms with E-state index in [0.717, 1.165) is 0 Å². The van der Waals surface area contributed by atoms with Gasteiger partial charge in [0, 0.05) is 26.3 Å². The molecular weight excluding hydrogens is 352 g/mol. The Morgan fingerprint density at radius 1 is 1.25 bits per heavy atom. The zero-order valence-corrected chi connectivity index (χ0v) is 16.2. The number of halogens is 1. The second-order valence-corrected chi connectivity index (χ2v) is 8.47. The fraction of sp³-hybridized carbons (Fsp3) is 0.562. The molecule has 0 radical (unpaired) electrons. The van der Waals surface area contributed by atoms with Gasteiger partial charge in [-0.05, 0) is 36.2 Å². The lowest BCUT2D eigenvalue weighted by molar-refractivity contribution is 0.0740. The number of ether oxygens (including phenoxy) is 1. The molecule has 0 spiro atoms. The van der Waals surface area contributed by atoms with E-state index in [1.54, 1.807) is 11.9 Å². The van der Waals surface area contributed by atoms with E-state index in [4.69, 9.17) is 10.5 Å². The van der Waals surface area contributed by atoms with Crippen molar-refractivity contribution >= 4 is 28.2 Å². The fourth-order valence-electron chi connectivity index (χ4n) is 2.11. The van der Waals surface area contributed by atoms with Crippen molar-refractivity contribution in [3.8, 4) is 0 Å². The molecule has 0 aromatic heterocycles. The SMILES string of the molecule is COCCS(=O)(=O)c1ccc(C(=O)N(C)CC(C)(C)CN)cc1.Cl. The third-order valence-electron chi connectivity index (χ3n) is 3.58.